The van der Waals surface area contributed by atoms with E-state index in [0.29, 0.717) is 30.2 Å². The lowest BCUT2D eigenvalue weighted by molar-refractivity contribution is 0.230. The molecule has 1 N–H and O–H groups in total. The zero-order valence-electron chi connectivity index (χ0n) is 13.5. The molecule has 0 aliphatic rings. The van der Waals surface area contributed by atoms with E-state index in [1.807, 2.05) is 0 Å². The monoisotopic (exact) mass is 326 g/mol. The first kappa shape index (κ1) is 17.0. The number of nitrogens with zero attached hydrogens (tertiary/aromatic N) is 1. The van der Waals surface area contributed by atoms with Crippen LogP contribution in [0.15, 0.2) is 22.9 Å². The first-order valence-electron chi connectivity index (χ1n) is 7.51. The van der Waals surface area contributed by atoms with Crippen molar-refractivity contribution in [2.24, 2.45) is 5.92 Å². The summed E-state index contributed by atoms with van der Waals surface area (Å²) in [4.78, 5) is 0. The second kappa shape index (κ2) is 7.27. The predicted octanol–water partition coefficient (Wildman–Crippen LogP) is 3.76. The maximum Gasteiger partial charge on any atom is 0.365 e. The molecule has 2 heterocycles. The maximum atomic E-state index is 13.0. The van der Waals surface area contributed by atoms with Crippen LogP contribution in [0.4, 0.5) is 0 Å². The Hall–Kier alpha value is -1.36. The lowest BCUT2D eigenvalue weighted by Crippen LogP contribution is -2.12. The highest BCUT2D eigenvalue weighted by Gasteiger charge is 2.33. The van der Waals surface area contributed by atoms with Crippen LogP contribution in [0, 0.1) is 5.92 Å². The number of nitrogens with one attached hydrogen (secondary N) is 1. The van der Waals surface area contributed by atoms with Crippen LogP contribution in [0.1, 0.15) is 33.3 Å². The van der Waals surface area contributed by atoms with E-state index < -0.39 is 7.60 Å². The Morgan fingerprint density at radius 3 is 2.59 bits per heavy atom. The van der Waals surface area contributed by atoms with Gasteiger partial charge in [-0.1, -0.05) is 13.8 Å². The molecule has 22 heavy (non-hydrogen) atoms. The molecule has 0 saturated carbocycles. The van der Waals surface area contributed by atoms with Crippen molar-refractivity contribution in [2.45, 2.75) is 34.1 Å². The van der Waals surface area contributed by atoms with Gasteiger partial charge in [-0.05, 0) is 32.3 Å². The Labute approximate surface area is 130 Å². The largest absolute Gasteiger partial charge is 0.462 e. The molecule has 0 bridgehead atoms. The van der Waals surface area contributed by atoms with Gasteiger partial charge < -0.3 is 13.5 Å². The SMILES string of the molecule is CCOP(=O)(OCC)c1ccoc1-c1[nH]ncc1CC(C)C. The first-order valence-corrected chi connectivity index (χ1v) is 9.05. The molecule has 0 amide bonds. The summed E-state index contributed by atoms with van der Waals surface area (Å²) in [5.74, 6) is 0.943. The summed E-state index contributed by atoms with van der Waals surface area (Å²) < 4.78 is 29.4. The molecule has 7 heteroatoms. The van der Waals surface area contributed by atoms with Crippen LogP contribution in [0.2, 0.25) is 0 Å². The Morgan fingerprint density at radius 1 is 1.32 bits per heavy atom. The second-order valence-electron chi connectivity index (χ2n) is 5.34. The molecular weight excluding hydrogens is 303 g/mol. The fraction of sp³-hybridized carbons (Fsp3) is 0.533. The third-order valence-corrected chi connectivity index (χ3v) is 5.25. The van der Waals surface area contributed by atoms with Crippen LogP contribution in [-0.2, 0) is 20.0 Å². The quantitative estimate of drug-likeness (QED) is 0.747. The summed E-state index contributed by atoms with van der Waals surface area (Å²) in [5, 5.41) is 7.46. The van der Waals surface area contributed by atoms with E-state index >= 15 is 0 Å². The highest BCUT2D eigenvalue weighted by molar-refractivity contribution is 7.62. The smallest absolute Gasteiger partial charge is 0.365 e. The van der Waals surface area contributed by atoms with Crippen LogP contribution >= 0.6 is 7.60 Å². The van der Waals surface area contributed by atoms with E-state index in [1.165, 1.54) is 6.26 Å². The Balaban J connectivity index is 2.45. The minimum absolute atomic E-state index is 0.295. The van der Waals surface area contributed by atoms with Gasteiger partial charge in [-0.15, -0.1) is 0 Å². The molecule has 6 nitrogen and oxygen atoms in total. The fourth-order valence-electron chi connectivity index (χ4n) is 2.32. The average Bonchev–Trinajstić information content (AvgIpc) is 3.06. The zero-order chi connectivity index (χ0) is 16.2. The van der Waals surface area contributed by atoms with Gasteiger partial charge in [0, 0.05) is 5.56 Å². The van der Waals surface area contributed by atoms with Crippen molar-refractivity contribution in [3.8, 4) is 11.5 Å². The molecule has 2 rings (SSSR count). The van der Waals surface area contributed by atoms with E-state index in [-0.39, 0.29) is 0 Å². The number of furan rings is 1. The van der Waals surface area contributed by atoms with E-state index in [2.05, 4.69) is 24.0 Å². The van der Waals surface area contributed by atoms with Gasteiger partial charge in [0.25, 0.3) is 0 Å². The third-order valence-electron chi connectivity index (χ3n) is 3.11. The number of aromatic nitrogens is 2. The van der Waals surface area contributed by atoms with Crippen LogP contribution < -0.4 is 5.30 Å². The molecule has 0 unspecified atom stereocenters. The molecule has 2 aromatic rings. The molecule has 0 saturated heterocycles. The van der Waals surface area contributed by atoms with Gasteiger partial charge in [0.2, 0.25) is 0 Å². The van der Waals surface area contributed by atoms with Crippen LogP contribution in [0.25, 0.3) is 11.5 Å². The molecule has 0 atom stereocenters. The minimum Gasteiger partial charge on any atom is -0.462 e. The van der Waals surface area contributed by atoms with Crippen molar-refractivity contribution < 1.29 is 18.0 Å². The van der Waals surface area contributed by atoms with Crippen molar-refractivity contribution in [1.82, 2.24) is 10.2 Å². The van der Waals surface area contributed by atoms with E-state index in [9.17, 15) is 4.57 Å². The molecular formula is C15H23N2O4P. The molecule has 2 aromatic heterocycles. The van der Waals surface area contributed by atoms with Crippen LogP contribution in [0.5, 0.6) is 0 Å². The molecule has 0 aliphatic heterocycles. The Bertz CT molecular complexity index is 638. The number of H-pyrrole nitrogens is 1. The number of hydrogen-bond donors (Lipinski definition) is 1. The highest BCUT2D eigenvalue weighted by atomic mass is 31.2. The topological polar surface area (TPSA) is 77.4 Å². The normalized spacial score (nSPS) is 12.2. The van der Waals surface area contributed by atoms with Gasteiger partial charge in [0.05, 0.1) is 25.7 Å². The number of aromatic amines is 1. The summed E-state index contributed by atoms with van der Waals surface area (Å²) in [6, 6.07) is 1.64. The van der Waals surface area contributed by atoms with Crippen molar-refractivity contribution >= 4 is 12.9 Å². The van der Waals surface area contributed by atoms with Crippen molar-refractivity contribution in [1.29, 1.82) is 0 Å². The van der Waals surface area contributed by atoms with Crippen molar-refractivity contribution in [3.05, 3.63) is 24.1 Å². The predicted molar refractivity (Wildman–Crippen MR) is 85.3 cm³/mol. The lowest BCUT2D eigenvalue weighted by atomic mass is 10.0. The number of hydrogen-bond acceptors (Lipinski definition) is 5. The van der Waals surface area contributed by atoms with Crippen molar-refractivity contribution in [3.63, 3.8) is 0 Å². The van der Waals surface area contributed by atoms with Gasteiger partial charge in [0.15, 0.2) is 5.76 Å². The zero-order valence-corrected chi connectivity index (χ0v) is 14.4. The van der Waals surface area contributed by atoms with Gasteiger partial charge in [-0.3, -0.25) is 9.66 Å². The Morgan fingerprint density at radius 2 is 2.00 bits per heavy atom. The van der Waals surface area contributed by atoms with Gasteiger partial charge in [-0.25, -0.2) is 0 Å². The summed E-state index contributed by atoms with van der Waals surface area (Å²) in [6.07, 6.45) is 4.11. The first-order chi connectivity index (χ1) is 10.5. The summed E-state index contributed by atoms with van der Waals surface area (Å²) in [5.41, 5.74) is 1.75. The molecule has 0 fully saturated rings. The molecule has 0 spiro atoms. The third kappa shape index (κ3) is 3.51. The van der Waals surface area contributed by atoms with E-state index in [0.717, 1.165) is 17.7 Å². The second-order valence-corrected chi connectivity index (χ2v) is 7.33. The summed E-state index contributed by atoms with van der Waals surface area (Å²) >= 11 is 0. The minimum atomic E-state index is -3.40. The summed E-state index contributed by atoms with van der Waals surface area (Å²) in [6.45, 7) is 8.42. The Kier molecular flexibility index (Phi) is 5.62. The molecule has 0 aliphatic carbocycles. The van der Waals surface area contributed by atoms with Crippen LogP contribution in [0.3, 0.4) is 0 Å². The van der Waals surface area contributed by atoms with E-state index in [4.69, 9.17) is 13.5 Å². The van der Waals surface area contributed by atoms with Crippen molar-refractivity contribution in [2.75, 3.05) is 13.2 Å². The molecule has 122 valence electrons. The van der Waals surface area contributed by atoms with E-state index in [1.54, 1.807) is 26.1 Å². The average molecular weight is 326 g/mol. The standard InChI is InChI=1S/C15H23N2O4P/c1-5-20-22(18,21-6-2)13-7-8-19-15(13)14-12(9-11(3)4)10-16-17-14/h7-8,10-11H,5-6,9H2,1-4H3,(H,16,17). The van der Waals surface area contributed by atoms with Gasteiger partial charge in [0.1, 0.15) is 11.0 Å². The fourth-order valence-corrected chi connectivity index (χ4v) is 4.01. The lowest BCUT2D eigenvalue weighted by Gasteiger charge is -2.16. The summed E-state index contributed by atoms with van der Waals surface area (Å²) in [7, 11) is -3.40. The number of rotatable bonds is 8. The van der Waals surface area contributed by atoms with Crippen LogP contribution in [-0.4, -0.2) is 23.4 Å². The highest BCUT2D eigenvalue weighted by Crippen LogP contribution is 2.49. The molecule has 0 radical (unpaired) electrons. The maximum absolute atomic E-state index is 13.0. The molecule has 0 aromatic carbocycles. The van der Waals surface area contributed by atoms with Gasteiger partial charge in [-0.2, -0.15) is 5.10 Å². The van der Waals surface area contributed by atoms with Gasteiger partial charge >= 0.3 is 7.60 Å².